The summed E-state index contributed by atoms with van der Waals surface area (Å²) in [6, 6.07) is 76.8. The Morgan fingerprint density at radius 3 is 1.35 bits per heavy atom. The molecule has 1 nitrogen and oxygen atoms in total. The minimum absolute atomic E-state index is 0.843. The van der Waals surface area contributed by atoms with E-state index in [1.807, 2.05) is 30.3 Å². The van der Waals surface area contributed by atoms with Crippen LogP contribution in [-0.4, -0.2) is 0 Å². The second-order valence-electron chi connectivity index (χ2n) is 18.1. The third-order valence-electron chi connectivity index (χ3n) is 15.1. The standard InChI is InChI=1S/C64H34O/c1-4-13-35(14-5-1)55-54-34-53-40-20-11-10-19-39(40)42-21-12-22-49(57(42)53)62(54)56(36-15-6-2-7-16-36)64-51-32-30-47-45-27-28-48-52-33-38(65-37-17-8-3-9-18-37)23-24-41(52)43-25-26-44(59(45)58(43)48)46-29-31-50(63(55)64)61(51)60(46)47/h1-34H. The SMILES string of the molecule is c1ccc(Oc2ccc3c(c2)=c2ccc4c5ccc6c7c(-c8ccccc8)c8c(cc9c%10ccccc%10c%10cccc8c%109)c(-c8ccccc8)c7c7ccc(c8ccc=3c2c84)c5c76)cc1. The molecule has 1 aliphatic carbocycles. The molecule has 0 aromatic heterocycles. The molecule has 16 rings (SSSR count). The fraction of sp³-hybridized carbons (Fsp3) is 0. The molecule has 0 saturated heterocycles. The van der Waals surface area contributed by atoms with Gasteiger partial charge in [0.05, 0.1) is 0 Å². The zero-order chi connectivity index (χ0) is 42.1. The van der Waals surface area contributed by atoms with Crippen molar-refractivity contribution in [2.75, 3.05) is 0 Å². The van der Waals surface area contributed by atoms with Crippen molar-refractivity contribution in [1.29, 1.82) is 0 Å². The highest BCUT2D eigenvalue weighted by molar-refractivity contribution is 6.48. The Morgan fingerprint density at radius 2 is 0.662 bits per heavy atom. The van der Waals surface area contributed by atoms with Gasteiger partial charge >= 0.3 is 0 Å². The Balaban J connectivity index is 1.09. The van der Waals surface area contributed by atoms with Gasteiger partial charge in [0.25, 0.3) is 0 Å². The molecule has 15 aromatic rings. The van der Waals surface area contributed by atoms with Gasteiger partial charge in [0.2, 0.25) is 0 Å². The van der Waals surface area contributed by atoms with Crippen molar-refractivity contribution < 1.29 is 4.74 Å². The molecular weight excluding hydrogens is 785 g/mol. The van der Waals surface area contributed by atoms with E-state index >= 15 is 0 Å². The molecular formula is C64H34O. The summed E-state index contributed by atoms with van der Waals surface area (Å²) in [6.07, 6.45) is 0. The molecule has 0 heterocycles. The number of ether oxygens (including phenoxy) is 1. The predicted octanol–water partition coefficient (Wildman–Crippen LogP) is 17.5. The second-order valence-corrected chi connectivity index (χ2v) is 18.1. The van der Waals surface area contributed by atoms with E-state index in [1.54, 1.807) is 0 Å². The van der Waals surface area contributed by atoms with Crippen LogP contribution in [0, 0.1) is 20.9 Å². The van der Waals surface area contributed by atoms with Crippen molar-refractivity contribution in [3.8, 4) is 33.8 Å². The van der Waals surface area contributed by atoms with Crippen LogP contribution in [0.5, 0.6) is 11.5 Å². The van der Waals surface area contributed by atoms with E-state index in [-0.39, 0.29) is 0 Å². The summed E-state index contributed by atoms with van der Waals surface area (Å²) in [6.45, 7) is 0. The minimum atomic E-state index is 0.843. The Labute approximate surface area is 371 Å². The lowest BCUT2D eigenvalue weighted by Gasteiger charge is -2.19. The number of hydrogen-bond donors (Lipinski definition) is 0. The maximum absolute atomic E-state index is 6.37. The van der Waals surface area contributed by atoms with Gasteiger partial charge in [0.15, 0.2) is 0 Å². The van der Waals surface area contributed by atoms with Gasteiger partial charge in [0, 0.05) is 0 Å². The number of rotatable bonds is 4. The summed E-state index contributed by atoms with van der Waals surface area (Å²) in [4.78, 5) is 0. The third-order valence-corrected chi connectivity index (χ3v) is 15.1. The lowest BCUT2D eigenvalue weighted by Crippen LogP contribution is -1.91. The molecule has 1 heteroatoms. The maximum Gasteiger partial charge on any atom is 0.128 e. The molecule has 0 fully saturated rings. The van der Waals surface area contributed by atoms with Gasteiger partial charge in [0.1, 0.15) is 11.5 Å². The molecule has 0 saturated carbocycles. The van der Waals surface area contributed by atoms with Crippen LogP contribution in [0.25, 0.3) is 130 Å². The summed E-state index contributed by atoms with van der Waals surface area (Å²) in [5, 5.41) is 31.6. The van der Waals surface area contributed by atoms with Crippen LogP contribution in [0.1, 0.15) is 0 Å². The fourth-order valence-electron chi connectivity index (χ4n) is 12.6. The molecule has 1 aliphatic rings. The summed E-state index contributed by atoms with van der Waals surface area (Å²) < 4.78 is 6.37. The lowest BCUT2D eigenvalue weighted by atomic mass is 9.84. The fourth-order valence-corrected chi connectivity index (χ4v) is 12.6. The molecule has 0 amide bonds. The largest absolute Gasteiger partial charge is 0.457 e. The summed E-state index contributed by atoms with van der Waals surface area (Å²) in [7, 11) is 0. The lowest BCUT2D eigenvalue weighted by molar-refractivity contribution is 0.482. The molecule has 0 bridgehead atoms. The molecule has 0 atom stereocenters. The quantitative estimate of drug-likeness (QED) is 0.127. The van der Waals surface area contributed by atoms with Crippen LogP contribution in [-0.2, 0) is 0 Å². The third kappa shape index (κ3) is 4.24. The summed E-state index contributed by atoms with van der Waals surface area (Å²) >= 11 is 0. The predicted molar refractivity (Wildman–Crippen MR) is 274 cm³/mol. The van der Waals surface area contributed by atoms with Crippen LogP contribution in [0.3, 0.4) is 0 Å². The Kier molecular flexibility index (Phi) is 6.35. The Bertz CT molecular complexity index is 4730. The maximum atomic E-state index is 6.37. The zero-order valence-electron chi connectivity index (χ0n) is 35.0. The van der Waals surface area contributed by atoms with Crippen LogP contribution >= 0.6 is 0 Å². The first-order valence-electron chi connectivity index (χ1n) is 22.7. The van der Waals surface area contributed by atoms with Crippen LogP contribution in [0.4, 0.5) is 0 Å². The monoisotopic (exact) mass is 818 g/mol. The topological polar surface area (TPSA) is 9.23 Å². The second kappa shape index (κ2) is 12.1. The van der Waals surface area contributed by atoms with Crippen molar-refractivity contribution in [1.82, 2.24) is 0 Å². The molecule has 0 aliphatic heterocycles. The average Bonchev–Trinajstić information content (AvgIpc) is 4.00. The van der Waals surface area contributed by atoms with Crippen LogP contribution in [0.2, 0.25) is 0 Å². The number of fused-ring (bicyclic) bond motifs is 11. The van der Waals surface area contributed by atoms with Gasteiger partial charge < -0.3 is 4.74 Å². The Morgan fingerprint density at radius 1 is 0.200 bits per heavy atom. The van der Waals surface area contributed by atoms with Gasteiger partial charge in [-0.25, -0.2) is 0 Å². The number of hydrogen-bond acceptors (Lipinski definition) is 1. The number of para-hydroxylation sites is 1. The van der Waals surface area contributed by atoms with Crippen molar-refractivity contribution in [2.45, 2.75) is 0 Å². The van der Waals surface area contributed by atoms with Crippen molar-refractivity contribution in [3.63, 3.8) is 0 Å². The van der Waals surface area contributed by atoms with E-state index < -0.39 is 0 Å². The summed E-state index contributed by atoms with van der Waals surface area (Å²) in [5.74, 6) is 1.69. The van der Waals surface area contributed by atoms with E-state index in [1.165, 1.54) is 151 Å². The number of benzene rings is 13. The molecule has 296 valence electrons. The van der Waals surface area contributed by atoms with E-state index in [9.17, 15) is 0 Å². The smallest absolute Gasteiger partial charge is 0.128 e. The first kappa shape index (κ1) is 34.0. The molecule has 0 spiro atoms. The van der Waals surface area contributed by atoms with E-state index in [2.05, 4.69) is 176 Å². The van der Waals surface area contributed by atoms with E-state index in [4.69, 9.17) is 4.74 Å². The highest BCUT2D eigenvalue weighted by atomic mass is 16.5. The molecule has 15 aromatic carbocycles. The summed E-state index contributed by atoms with van der Waals surface area (Å²) in [5.41, 5.74) is 5.11. The molecule has 0 unspecified atom stereocenters. The molecule has 0 radical (unpaired) electrons. The van der Waals surface area contributed by atoms with Crippen molar-refractivity contribution >= 4 is 108 Å². The van der Waals surface area contributed by atoms with Crippen molar-refractivity contribution in [2.24, 2.45) is 0 Å². The first-order chi connectivity index (χ1) is 32.3. The highest BCUT2D eigenvalue weighted by Gasteiger charge is 2.28. The molecule has 0 N–H and O–H groups in total. The average molecular weight is 819 g/mol. The van der Waals surface area contributed by atoms with Crippen LogP contribution < -0.4 is 4.74 Å². The zero-order valence-corrected chi connectivity index (χ0v) is 35.0. The van der Waals surface area contributed by atoms with Gasteiger partial charge in [-0.3, -0.25) is 0 Å². The molecule has 65 heavy (non-hydrogen) atoms. The van der Waals surface area contributed by atoms with Gasteiger partial charge in [-0.1, -0.05) is 176 Å². The van der Waals surface area contributed by atoms with E-state index in [0.29, 0.717) is 0 Å². The van der Waals surface area contributed by atoms with Crippen LogP contribution in [0.15, 0.2) is 206 Å². The minimum Gasteiger partial charge on any atom is -0.457 e. The van der Waals surface area contributed by atoms with Gasteiger partial charge in [-0.15, -0.1) is 0 Å². The normalized spacial score (nSPS) is 12.6. The first-order valence-corrected chi connectivity index (χ1v) is 22.7. The highest BCUT2D eigenvalue weighted by Crippen LogP contribution is 2.56. The van der Waals surface area contributed by atoms with E-state index in [0.717, 1.165) is 11.5 Å². The Hall–Kier alpha value is -8.52. The van der Waals surface area contributed by atoms with Crippen molar-refractivity contribution in [3.05, 3.63) is 227 Å². The van der Waals surface area contributed by atoms with Gasteiger partial charge in [-0.2, -0.15) is 0 Å². The van der Waals surface area contributed by atoms with Gasteiger partial charge in [-0.05, 0) is 181 Å².